The first-order valence-electron chi connectivity index (χ1n) is 7.45. The van der Waals surface area contributed by atoms with Gasteiger partial charge < -0.3 is 9.57 Å². The van der Waals surface area contributed by atoms with Gasteiger partial charge in [0.2, 0.25) is 0 Å². The second kappa shape index (κ2) is 11.6. The van der Waals surface area contributed by atoms with Crippen LogP contribution in [-0.4, -0.2) is 61.7 Å². The molecule has 8 heteroatoms. The molecule has 1 aliphatic heterocycles. The van der Waals surface area contributed by atoms with E-state index in [0.717, 1.165) is 44.0 Å². The Balaban J connectivity index is 0.00000288. The lowest BCUT2D eigenvalue weighted by Crippen LogP contribution is -2.38. The van der Waals surface area contributed by atoms with Gasteiger partial charge >= 0.3 is 0 Å². The van der Waals surface area contributed by atoms with E-state index in [-0.39, 0.29) is 12.4 Å². The summed E-state index contributed by atoms with van der Waals surface area (Å²) in [5, 5.41) is 12.4. The number of carbonyl (C=O) groups is 1. The van der Waals surface area contributed by atoms with Crippen LogP contribution in [0.4, 0.5) is 0 Å². The van der Waals surface area contributed by atoms with E-state index in [2.05, 4.69) is 10.1 Å². The molecule has 2 N–H and O–H groups in total. The Morgan fingerprint density at radius 1 is 1.38 bits per heavy atom. The van der Waals surface area contributed by atoms with Gasteiger partial charge in [-0.25, -0.2) is 5.48 Å². The number of morpholine rings is 1. The Morgan fingerprint density at radius 3 is 2.88 bits per heavy atom. The molecule has 1 saturated heterocycles. The first-order valence-corrected chi connectivity index (χ1v) is 7.45. The largest absolute Gasteiger partial charge is 0.394 e. The lowest BCUT2D eigenvalue weighted by atomic mass is 10.1. The zero-order valence-electron chi connectivity index (χ0n) is 13.3. The highest BCUT2D eigenvalue weighted by Crippen LogP contribution is 2.05. The van der Waals surface area contributed by atoms with Crippen molar-refractivity contribution in [3.05, 3.63) is 41.5 Å². The van der Waals surface area contributed by atoms with Crippen LogP contribution in [0.15, 0.2) is 35.5 Å². The van der Waals surface area contributed by atoms with Gasteiger partial charge in [0.05, 0.1) is 19.4 Å². The van der Waals surface area contributed by atoms with Crippen LogP contribution in [0.2, 0.25) is 0 Å². The van der Waals surface area contributed by atoms with Crippen molar-refractivity contribution in [1.29, 1.82) is 0 Å². The number of nitrogens with one attached hydrogen (secondary N) is 1. The third kappa shape index (κ3) is 7.56. The molecule has 1 heterocycles. The molecular weight excluding hydrogens is 334 g/mol. The summed E-state index contributed by atoms with van der Waals surface area (Å²) in [6, 6.07) is 7.44. The molecule has 0 aliphatic carbocycles. The molecule has 0 unspecified atom stereocenters. The molecule has 1 amide bonds. The minimum atomic E-state index is -0.574. The van der Waals surface area contributed by atoms with Crippen molar-refractivity contribution in [3.8, 4) is 0 Å². The van der Waals surface area contributed by atoms with Gasteiger partial charge in [-0.2, -0.15) is 0 Å². The van der Waals surface area contributed by atoms with E-state index < -0.39 is 5.91 Å². The molecule has 1 fully saturated rings. The molecule has 1 aromatic carbocycles. The highest BCUT2D eigenvalue weighted by Gasteiger charge is 2.09. The fourth-order valence-electron chi connectivity index (χ4n) is 2.10. The number of amides is 1. The Bertz CT molecular complexity index is 560. The normalized spacial score (nSPS) is 15.4. The molecule has 0 spiro atoms. The number of halogens is 1. The molecule has 0 atom stereocenters. The summed E-state index contributed by atoms with van der Waals surface area (Å²) in [6.07, 6.45) is 4.47. The number of nitrogens with zero attached hydrogens (tertiary/aromatic N) is 2. The topological polar surface area (TPSA) is 83.4 Å². The first kappa shape index (κ1) is 20.1. The van der Waals surface area contributed by atoms with Crippen molar-refractivity contribution in [2.75, 3.05) is 39.5 Å². The van der Waals surface area contributed by atoms with Gasteiger partial charge in [-0.1, -0.05) is 23.4 Å². The molecule has 1 aliphatic rings. The minimum Gasteiger partial charge on any atom is -0.394 e. The number of rotatable bonds is 7. The molecule has 0 saturated carbocycles. The monoisotopic (exact) mass is 355 g/mol. The molecule has 2 rings (SSSR count). The highest BCUT2D eigenvalue weighted by atomic mass is 35.5. The van der Waals surface area contributed by atoms with Gasteiger partial charge in [-0.05, 0) is 23.3 Å². The van der Waals surface area contributed by atoms with E-state index in [0.29, 0.717) is 6.61 Å². The molecule has 7 nitrogen and oxygen atoms in total. The summed E-state index contributed by atoms with van der Waals surface area (Å²) in [6.45, 7) is 4.79. The molecule has 0 radical (unpaired) electrons. The van der Waals surface area contributed by atoms with Gasteiger partial charge in [0.1, 0.15) is 6.61 Å². The summed E-state index contributed by atoms with van der Waals surface area (Å²) in [5.74, 6) is -0.574. The van der Waals surface area contributed by atoms with E-state index in [9.17, 15) is 4.79 Å². The average molecular weight is 356 g/mol. The van der Waals surface area contributed by atoms with Gasteiger partial charge in [0, 0.05) is 25.7 Å². The van der Waals surface area contributed by atoms with Gasteiger partial charge in [-0.3, -0.25) is 14.9 Å². The second-order valence-electron chi connectivity index (χ2n) is 5.00. The number of hydrogen-bond acceptors (Lipinski definition) is 6. The highest BCUT2D eigenvalue weighted by molar-refractivity contribution is 5.91. The van der Waals surface area contributed by atoms with E-state index in [4.69, 9.17) is 14.8 Å². The summed E-state index contributed by atoms with van der Waals surface area (Å²) >= 11 is 0. The van der Waals surface area contributed by atoms with Crippen molar-refractivity contribution in [2.24, 2.45) is 5.16 Å². The molecule has 24 heavy (non-hydrogen) atoms. The maximum Gasteiger partial charge on any atom is 0.267 e. The van der Waals surface area contributed by atoms with Crippen LogP contribution in [0.1, 0.15) is 11.1 Å². The maximum absolute atomic E-state index is 10.9. The van der Waals surface area contributed by atoms with Crippen LogP contribution in [0.5, 0.6) is 0 Å². The van der Waals surface area contributed by atoms with Crippen LogP contribution in [0.3, 0.4) is 0 Å². The fraction of sp³-hybridized carbons (Fsp3) is 0.375. The lowest BCUT2D eigenvalue weighted by Gasteiger charge is -2.25. The number of hydroxylamine groups is 1. The van der Waals surface area contributed by atoms with Crippen molar-refractivity contribution in [1.82, 2.24) is 10.4 Å². The van der Waals surface area contributed by atoms with E-state index in [1.165, 1.54) is 6.08 Å². The summed E-state index contributed by atoms with van der Waals surface area (Å²) in [4.78, 5) is 18.5. The lowest BCUT2D eigenvalue weighted by molar-refractivity contribution is -0.124. The van der Waals surface area contributed by atoms with Crippen molar-refractivity contribution >= 4 is 30.6 Å². The average Bonchev–Trinajstić information content (AvgIpc) is 2.60. The number of carbonyl (C=O) groups excluding carboxylic acids is 1. The van der Waals surface area contributed by atoms with Crippen LogP contribution < -0.4 is 5.48 Å². The van der Waals surface area contributed by atoms with Gasteiger partial charge in [0.25, 0.3) is 5.91 Å². The number of hydrogen-bond donors (Lipinski definition) is 2. The Hall–Kier alpha value is -1.93. The number of oxime groups is 1. The fourth-order valence-corrected chi connectivity index (χ4v) is 2.10. The molecule has 0 bridgehead atoms. The third-order valence-corrected chi connectivity index (χ3v) is 3.33. The second-order valence-corrected chi connectivity index (χ2v) is 5.00. The van der Waals surface area contributed by atoms with Crippen LogP contribution in [0, 0.1) is 0 Å². The molecule has 132 valence electrons. The Kier molecular flexibility index (Phi) is 9.71. The van der Waals surface area contributed by atoms with Crippen molar-refractivity contribution in [2.45, 2.75) is 0 Å². The van der Waals surface area contributed by atoms with Gasteiger partial charge in [-0.15, -0.1) is 12.4 Å². The zero-order chi connectivity index (χ0) is 16.3. The third-order valence-electron chi connectivity index (χ3n) is 3.33. The summed E-state index contributed by atoms with van der Waals surface area (Å²) in [5.41, 5.74) is 3.23. The van der Waals surface area contributed by atoms with Crippen LogP contribution >= 0.6 is 12.4 Å². The van der Waals surface area contributed by atoms with E-state index >= 15 is 0 Å². The molecular formula is C16H22ClN3O4. The van der Waals surface area contributed by atoms with Crippen LogP contribution in [-0.2, 0) is 14.4 Å². The number of benzene rings is 1. The predicted molar refractivity (Wildman–Crippen MR) is 93.5 cm³/mol. The zero-order valence-corrected chi connectivity index (χ0v) is 14.1. The van der Waals surface area contributed by atoms with Gasteiger partial charge in [0.15, 0.2) is 0 Å². The Morgan fingerprint density at radius 2 is 2.12 bits per heavy atom. The smallest absolute Gasteiger partial charge is 0.267 e. The predicted octanol–water partition coefficient (Wildman–Crippen LogP) is 1.31. The number of ether oxygens (including phenoxy) is 1. The molecule has 0 aromatic heterocycles. The SMILES string of the molecule is Cl.O=C(/C=C/c1cccc(/C=N/OCCN2CCOCC2)c1)NO. The van der Waals surface area contributed by atoms with E-state index in [1.807, 2.05) is 24.3 Å². The van der Waals surface area contributed by atoms with Crippen LogP contribution in [0.25, 0.3) is 6.08 Å². The van der Waals surface area contributed by atoms with Crippen molar-refractivity contribution < 1.29 is 19.6 Å². The quantitative estimate of drug-likeness (QED) is 0.253. The maximum atomic E-state index is 10.9. The first-order chi connectivity index (χ1) is 11.3. The minimum absolute atomic E-state index is 0. The summed E-state index contributed by atoms with van der Waals surface area (Å²) < 4.78 is 5.28. The van der Waals surface area contributed by atoms with Crippen molar-refractivity contribution in [3.63, 3.8) is 0 Å². The molecule has 1 aromatic rings. The standard InChI is InChI=1S/C16H21N3O4.ClH/c20-16(18-21)5-4-14-2-1-3-15(12-14)13-17-23-11-8-19-6-9-22-10-7-19;/h1-5,12-13,21H,6-11H2,(H,18,20);1H/b5-4+,17-13+;. The Labute approximate surface area is 147 Å². The summed E-state index contributed by atoms with van der Waals surface area (Å²) in [7, 11) is 0. The van der Waals surface area contributed by atoms with E-state index in [1.54, 1.807) is 17.8 Å².